The van der Waals surface area contributed by atoms with E-state index in [1.165, 1.54) is 5.56 Å². The van der Waals surface area contributed by atoms with Crippen molar-refractivity contribution in [3.05, 3.63) is 59.7 Å². The molecule has 1 heterocycles. The highest BCUT2D eigenvalue weighted by Crippen LogP contribution is 2.24. The summed E-state index contributed by atoms with van der Waals surface area (Å²) in [5.74, 6) is 0.175. The summed E-state index contributed by atoms with van der Waals surface area (Å²) in [6.45, 7) is 6.72. The van der Waals surface area contributed by atoms with Gasteiger partial charge >= 0.3 is 0 Å². The second-order valence-electron chi connectivity index (χ2n) is 8.13. The Balaban J connectivity index is 1.30. The molecule has 1 atom stereocenters. The topological polar surface area (TPSA) is 59.4 Å². The van der Waals surface area contributed by atoms with Gasteiger partial charge in [0.15, 0.2) is 0 Å². The van der Waals surface area contributed by atoms with Gasteiger partial charge in [0, 0.05) is 38.8 Å². The highest BCUT2D eigenvalue weighted by atomic mass is 16.2. The van der Waals surface area contributed by atoms with Crippen LogP contribution in [0.4, 0.5) is 0 Å². The molecule has 1 saturated carbocycles. The van der Waals surface area contributed by atoms with Crippen LogP contribution in [0.15, 0.2) is 48.5 Å². The number of amides is 1. The van der Waals surface area contributed by atoms with Crippen LogP contribution in [0.3, 0.4) is 0 Å². The van der Waals surface area contributed by atoms with Gasteiger partial charge in [0.25, 0.3) is 0 Å². The maximum absolute atomic E-state index is 12.3. The van der Waals surface area contributed by atoms with Crippen LogP contribution in [0.5, 0.6) is 0 Å². The fraction of sp³-hybridized carbons (Fsp3) is 0.417. The van der Waals surface area contributed by atoms with E-state index < -0.39 is 0 Å². The number of benzene rings is 2. The third-order valence-electron chi connectivity index (χ3n) is 5.98. The van der Waals surface area contributed by atoms with E-state index in [9.17, 15) is 10.1 Å². The van der Waals surface area contributed by atoms with Gasteiger partial charge in [-0.2, -0.15) is 5.26 Å². The summed E-state index contributed by atoms with van der Waals surface area (Å²) < 4.78 is 0. The fourth-order valence-corrected chi connectivity index (χ4v) is 3.90. The fourth-order valence-electron chi connectivity index (χ4n) is 3.90. The Hall–Kier alpha value is -2.68. The zero-order valence-corrected chi connectivity index (χ0v) is 17.0. The molecule has 0 spiro atoms. The van der Waals surface area contributed by atoms with Gasteiger partial charge in [-0.25, -0.2) is 0 Å². The van der Waals surface area contributed by atoms with Crippen molar-refractivity contribution in [2.24, 2.45) is 0 Å². The van der Waals surface area contributed by atoms with Crippen molar-refractivity contribution in [1.29, 1.82) is 5.26 Å². The molecule has 0 bridgehead atoms. The van der Waals surface area contributed by atoms with E-state index in [1.807, 2.05) is 31.2 Å². The lowest BCUT2D eigenvalue weighted by molar-refractivity contribution is -0.126. The minimum Gasteiger partial charge on any atom is -0.352 e. The van der Waals surface area contributed by atoms with Crippen molar-refractivity contribution in [3.63, 3.8) is 0 Å². The van der Waals surface area contributed by atoms with E-state index in [1.54, 1.807) is 0 Å². The van der Waals surface area contributed by atoms with Crippen LogP contribution in [-0.4, -0.2) is 54.0 Å². The predicted molar refractivity (Wildman–Crippen MR) is 114 cm³/mol. The van der Waals surface area contributed by atoms with Gasteiger partial charge in [0.2, 0.25) is 5.91 Å². The summed E-state index contributed by atoms with van der Waals surface area (Å²) in [6, 6.07) is 18.9. The molecule has 5 heteroatoms. The van der Waals surface area contributed by atoms with Crippen LogP contribution in [0, 0.1) is 11.3 Å². The van der Waals surface area contributed by atoms with Crippen molar-refractivity contribution in [1.82, 2.24) is 15.1 Å². The summed E-state index contributed by atoms with van der Waals surface area (Å²) in [7, 11) is 0. The highest BCUT2D eigenvalue weighted by Gasteiger charge is 2.29. The maximum atomic E-state index is 12.3. The summed E-state index contributed by atoms with van der Waals surface area (Å²) in [6.07, 6.45) is 2.26. The van der Waals surface area contributed by atoms with Crippen molar-refractivity contribution in [2.45, 2.75) is 38.4 Å². The smallest absolute Gasteiger partial charge is 0.237 e. The number of nitrogens with zero attached hydrogens (tertiary/aromatic N) is 3. The molecule has 1 aliphatic carbocycles. The van der Waals surface area contributed by atoms with E-state index >= 15 is 0 Å². The molecule has 5 nitrogen and oxygen atoms in total. The number of piperazine rings is 1. The Morgan fingerprint density at radius 1 is 1.10 bits per heavy atom. The lowest BCUT2D eigenvalue weighted by atomic mass is 9.99. The third-order valence-corrected chi connectivity index (χ3v) is 5.98. The van der Waals surface area contributed by atoms with E-state index in [0.717, 1.165) is 56.7 Å². The van der Waals surface area contributed by atoms with Crippen LogP contribution >= 0.6 is 0 Å². The van der Waals surface area contributed by atoms with Crippen LogP contribution in [-0.2, 0) is 11.3 Å². The molecule has 0 aromatic heterocycles. The van der Waals surface area contributed by atoms with Gasteiger partial charge in [-0.15, -0.1) is 0 Å². The Morgan fingerprint density at radius 3 is 2.45 bits per heavy atom. The SMILES string of the molecule is C[C@@H](C(=O)NC1CC1)N1CCN(Cc2ccc(-c3ccccc3C#N)cc2)CC1. The van der Waals surface area contributed by atoms with Crippen molar-refractivity contribution in [2.75, 3.05) is 26.2 Å². The molecule has 1 aliphatic heterocycles. The minimum absolute atomic E-state index is 0.0442. The molecular weight excluding hydrogens is 360 g/mol. The molecule has 1 N–H and O–H groups in total. The zero-order valence-electron chi connectivity index (χ0n) is 17.0. The molecule has 1 amide bonds. The van der Waals surface area contributed by atoms with Crippen LogP contribution < -0.4 is 5.32 Å². The Morgan fingerprint density at radius 2 is 1.79 bits per heavy atom. The van der Waals surface area contributed by atoms with Gasteiger partial charge in [0.05, 0.1) is 17.7 Å². The highest BCUT2D eigenvalue weighted by molar-refractivity contribution is 5.81. The van der Waals surface area contributed by atoms with Gasteiger partial charge in [0.1, 0.15) is 0 Å². The molecule has 29 heavy (non-hydrogen) atoms. The number of rotatable bonds is 6. The lowest BCUT2D eigenvalue weighted by Crippen LogP contribution is -2.53. The summed E-state index contributed by atoms with van der Waals surface area (Å²) >= 11 is 0. The summed E-state index contributed by atoms with van der Waals surface area (Å²) in [4.78, 5) is 17.0. The molecule has 2 aromatic carbocycles. The van der Waals surface area contributed by atoms with Crippen LogP contribution in [0.1, 0.15) is 30.9 Å². The summed E-state index contributed by atoms with van der Waals surface area (Å²) in [5.41, 5.74) is 4.03. The first-order chi connectivity index (χ1) is 14.1. The van der Waals surface area contributed by atoms with E-state index in [0.29, 0.717) is 11.6 Å². The zero-order chi connectivity index (χ0) is 20.2. The molecular formula is C24H28N4O. The number of carbonyl (C=O) groups is 1. The molecule has 2 aromatic rings. The standard InChI is InChI=1S/C24H28N4O/c1-18(24(29)26-22-10-11-22)28-14-12-27(13-15-28)17-19-6-8-20(9-7-19)23-5-3-2-4-21(23)16-25/h2-9,18,22H,10-15,17H2,1H3,(H,26,29)/t18-/m0/s1. The van der Waals surface area contributed by atoms with E-state index in [4.69, 9.17) is 0 Å². The van der Waals surface area contributed by atoms with Gasteiger partial charge in [-0.3, -0.25) is 14.6 Å². The van der Waals surface area contributed by atoms with E-state index in [-0.39, 0.29) is 11.9 Å². The first-order valence-electron chi connectivity index (χ1n) is 10.5. The van der Waals surface area contributed by atoms with Gasteiger partial charge in [-0.1, -0.05) is 42.5 Å². The van der Waals surface area contributed by atoms with Crippen LogP contribution in [0.2, 0.25) is 0 Å². The first-order valence-corrected chi connectivity index (χ1v) is 10.5. The number of nitriles is 1. The molecule has 150 valence electrons. The predicted octanol–water partition coefficient (Wildman–Crippen LogP) is 3.01. The number of hydrogen-bond donors (Lipinski definition) is 1. The van der Waals surface area contributed by atoms with Gasteiger partial charge < -0.3 is 5.32 Å². The third kappa shape index (κ3) is 4.84. The largest absolute Gasteiger partial charge is 0.352 e. The Bertz CT molecular complexity index is 890. The molecule has 2 fully saturated rings. The molecule has 0 unspecified atom stereocenters. The normalized spacial score (nSPS) is 18.8. The average molecular weight is 389 g/mol. The molecule has 2 aliphatic rings. The molecule has 1 saturated heterocycles. The lowest BCUT2D eigenvalue weighted by Gasteiger charge is -2.37. The quantitative estimate of drug-likeness (QED) is 0.826. The molecule has 4 rings (SSSR count). The van der Waals surface area contributed by atoms with Crippen molar-refractivity contribution >= 4 is 5.91 Å². The van der Waals surface area contributed by atoms with Crippen molar-refractivity contribution in [3.8, 4) is 17.2 Å². The molecule has 0 radical (unpaired) electrons. The van der Waals surface area contributed by atoms with Crippen molar-refractivity contribution < 1.29 is 4.79 Å². The van der Waals surface area contributed by atoms with Crippen LogP contribution in [0.25, 0.3) is 11.1 Å². The first kappa shape index (κ1) is 19.6. The number of nitrogens with one attached hydrogen (secondary N) is 1. The Labute approximate surface area is 172 Å². The Kier molecular flexibility index (Phi) is 5.94. The second-order valence-corrected chi connectivity index (χ2v) is 8.13. The number of carbonyl (C=O) groups excluding carboxylic acids is 1. The minimum atomic E-state index is -0.0442. The van der Waals surface area contributed by atoms with Gasteiger partial charge in [-0.05, 0) is 42.5 Å². The summed E-state index contributed by atoms with van der Waals surface area (Å²) in [5, 5.41) is 12.4. The monoisotopic (exact) mass is 388 g/mol. The second kappa shape index (κ2) is 8.77. The van der Waals surface area contributed by atoms with E-state index in [2.05, 4.69) is 45.5 Å². The number of hydrogen-bond acceptors (Lipinski definition) is 4. The maximum Gasteiger partial charge on any atom is 0.237 e. The average Bonchev–Trinajstić information content (AvgIpc) is 3.58.